The van der Waals surface area contributed by atoms with Gasteiger partial charge in [0.05, 0.1) is 16.0 Å². The van der Waals surface area contributed by atoms with Crippen molar-refractivity contribution in [1.29, 1.82) is 0 Å². The van der Waals surface area contributed by atoms with E-state index < -0.39 is 0 Å². The summed E-state index contributed by atoms with van der Waals surface area (Å²) >= 11 is 7.93. The molecule has 2 atom stereocenters. The van der Waals surface area contributed by atoms with Crippen LogP contribution in [0.25, 0.3) is 0 Å². The first-order chi connectivity index (χ1) is 12.0. The molecule has 0 bridgehead atoms. The van der Waals surface area contributed by atoms with Gasteiger partial charge in [-0.2, -0.15) is 0 Å². The van der Waals surface area contributed by atoms with E-state index in [4.69, 9.17) is 11.6 Å². The Morgan fingerprint density at radius 2 is 1.92 bits per heavy atom. The molecule has 2 saturated heterocycles. The standard InChI is InChI=1S/C19H25ClN2O2S/c1-3-17-22(18(23)14-6-4-5-7-15(14)20)16(12-25-17)19(24)21-10-8-13(2)9-11-21/h4-7,13,16-17H,3,8-12H2,1-2H3. The fourth-order valence-corrected chi connectivity index (χ4v) is 5.12. The summed E-state index contributed by atoms with van der Waals surface area (Å²) in [7, 11) is 0. The van der Waals surface area contributed by atoms with Crippen molar-refractivity contribution in [1.82, 2.24) is 9.80 Å². The molecule has 2 amide bonds. The molecular weight excluding hydrogens is 356 g/mol. The number of hydrogen-bond donors (Lipinski definition) is 0. The van der Waals surface area contributed by atoms with Crippen LogP contribution >= 0.6 is 23.4 Å². The summed E-state index contributed by atoms with van der Waals surface area (Å²) in [5, 5.41) is 0.471. The maximum absolute atomic E-state index is 13.1. The van der Waals surface area contributed by atoms with E-state index in [1.54, 1.807) is 28.8 Å². The van der Waals surface area contributed by atoms with Gasteiger partial charge in [-0.15, -0.1) is 11.8 Å². The zero-order valence-corrected chi connectivity index (χ0v) is 16.4. The van der Waals surface area contributed by atoms with Crippen LogP contribution in [0, 0.1) is 5.92 Å². The van der Waals surface area contributed by atoms with Crippen molar-refractivity contribution < 1.29 is 9.59 Å². The van der Waals surface area contributed by atoms with Gasteiger partial charge in [0, 0.05) is 18.8 Å². The van der Waals surface area contributed by atoms with Crippen molar-refractivity contribution >= 4 is 35.2 Å². The molecule has 136 valence electrons. The normalized spacial score (nSPS) is 24.6. The van der Waals surface area contributed by atoms with E-state index >= 15 is 0 Å². The molecular formula is C19H25ClN2O2S. The highest BCUT2D eigenvalue weighted by Gasteiger charge is 2.43. The van der Waals surface area contributed by atoms with E-state index in [1.807, 2.05) is 17.0 Å². The fourth-order valence-electron chi connectivity index (χ4n) is 3.55. The van der Waals surface area contributed by atoms with Crippen LogP contribution in [-0.2, 0) is 4.79 Å². The zero-order chi connectivity index (χ0) is 18.0. The number of amides is 2. The second-order valence-electron chi connectivity index (χ2n) is 6.91. The van der Waals surface area contributed by atoms with Crippen LogP contribution in [0.5, 0.6) is 0 Å². The molecule has 0 aromatic heterocycles. The SMILES string of the molecule is CCC1SCC(C(=O)N2CCC(C)CC2)N1C(=O)c1ccccc1Cl. The van der Waals surface area contributed by atoms with Gasteiger partial charge in [0.25, 0.3) is 5.91 Å². The number of piperidine rings is 1. The van der Waals surface area contributed by atoms with Gasteiger partial charge in [0.2, 0.25) is 5.91 Å². The Hall–Kier alpha value is -1.20. The average Bonchev–Trinajstić information content (AvgIpc) is 3.05. The van der Waals surface area contributed by atoms with Crippen LogP contribution in [0.15, 0.2) is 24.3 Å². The van der Waals surface area contributed by atoms with E-state index in [-0.39, 0.29) is 23.2 Å². The zero-order valence-electron chi connectivity index (χ0n) is 14.8. The third kappa shape index (κ3) is 3.82. The Bertz CT molecular complexity index is 646. The summed E-state index contributed by atoms with van der Waals surface area (Å²) in [6.45, 7) is 5.88. The Balaban J connectivity index is 1.82. The number of benzene rings is 1. The lowest BCUT2D eigenvalue weighted by Gasteiger charge is -2.35. The fraction of sp³-hybridized carbons (Fsp3) is 0.579. The first-order valence-electron chi connectivity index (χ1n) is 9.00. The summed E-state index contributed by atoms with van der Waals surface area (Å²) < 4.78 is 0. The van der Waals surface area contributed by atoms with Crippen molar-refractivity contribution in [3.63, 3.8) is 0 Å². The number of carbonyl (C=O) groups is 2. The van der Waals surface area contributed by atoms with Crippen LogP contribution in [0.1, 0.15) is 43.5 Å². The minimum Gasteiger partial charge on any atom is -0.341 e. The van der Waals surface area contributed by atoms with E-state index in [2.05, 4.69) is 13.8 Å². The summed E-state index contributed by atoms with van der Waals surface area (Å²) in [4.78, 5) is 29.9. The quantitative estimate of drug-likeness (QED) is 0.798. The topological polar surface area (TPSA) is 40.6 Å². The summed E-state index contributed by atoms with van der Waals surface area (Å²) in [5.74, 6) is 1.30. The third-order valence-corrected chi connectivity index (χ3v) is 6.94. The van der Waals surface area contributed by atoms with Crippen LogP contribution in [0.3, 0.4) is 0 Å². The van der Waals surface area contributed by atoms with Gasteiger partial charge in [-0.3, -0.25) is 9.59 Å². The molecule has 6 heteroatoms. The minimum atomic E-state index is -0.382. The Kier molecular flexibility index (Phi) is 5.95. The number of hydrogen-bond acceptors (Lipinski definition) is 3. The molecule has 1 aromatic carbocycles. The second-order valence-corrected chi connectivity index (χ2v) is 8.53. The second kappa shape index (κ2) is 8.00. The Morgan fingerprint density at radius 1 is 1.24 bits per heavy atom. The number of halogens is 1. The minimum absolute atomic E-state index is 0.0291. The maximum Gasteiger partial charge on any atom is 0.256 e. The molecule has 25 heavy (non-hydrogen) atoms. The van der Waals surface area contributed by atoms with Gasteiger partial charge in [-0.1, -0.05) is 37.6 Å². The number of nitrogens with zero attached hydrogens (tertiary/aromatic N) is 2. The summed E-state index contributed by atoms with van der Waals surface area (Å²) in [6, 6.07) is 6.71. The molecule has 2 aliphatic rings. The largest absolute Gasteiger partial charge is 0.341 e. The third-order valence-electron chi connectivity index (χ3n) is 5.16. The Morgan fingerprint density at radius 3 is 2.56 bits per heavy atom. The monoisotopic (exact) mass is 380 g/mol. The van der Waals surface area contributed by atoms with Crippen LogP contribution in [-0.4, -0.2) is 51.9 Å². The number of thioether (sulfide) groups is 1. The van der Waals surface area contributed by atoms with E-state index in [0.717, 1.165) is 32.4 Å². The lowest BCUT2D eigenvalue weighted by atomic mass is 9.98. The van der Waals surface area contributed by atoms with Crippen molar-refractivity contribution in [3.8, 4) is 0 Å². The van der Waals surface area contributed by atoms with Crippen LogP contribution in [0.2, 0.25) is 5.02 Å². The van der Waals surface area contributed by atoms with Gasteiger partial charge in [-0.05, 0) is 37.3 Å². The lowest BCUT2D eigenvalue weighted by Crippen LogP contribution is -2.52. The van der Waals surface area contributed by atoms with Crippen molar-refractivity contribution in [2.24, 2.45) is 5.92 Å². The molecule has 1 aromatic rings. The number of likely N-dealkylation sites (tertiary alicyclic amines) is 1. The molecule has 0 saturated carbocycles. The molecule has 2 fully saturated rings. The molecule has 0 spiro atoms. The molecule has 3 rings (SSSR count). The highest BCUT2D eigenvalue weighted by atomic mass is 35.5. The molecule has 2 unspecified atom stereocenters. The predicted molar refractivity (Wildman–Crippen MR) is 103 cm³/mol. The molecule has 2 aliphatic heterocycles. The first kappa shape index (κ1) is 18.6. The van der Waals surface area contributed by atoms with E-state index in [0.29, 0.717) is 22.3 Å². The predicted octanol–water partition coefficient (Wildman–Crippen LogP) is 3.89. The van der Waals surface area contributed by atoms with Gasteiger partial charge in [0.1, 0.15) is 6.04 Å². The van der Waals surface area contributed by atoms with Crippen molar-refractivity contribution in [3.05, 3.63) is 34.9 Å². The van der Waals surface area contributed by atoms with Gasteiger partial charge in [0.15, 0.2) is 0 Å². The summed E-state index contributed by atoms with van der Waals surface area (Å²) in [6.07, 6.45) is 2.91. The van der Waals surface area contributed by atoms with Crippen LogP contribution < -0.4 is 0 Å². The van der Waals surface area contributed by atoms with Crippen LogP contribution in [0.4, 0.5) is 0 Å². The van der Waals surface area contributed by atoms with Crippen molar-refractivity contribution in [2.75, 3.05) is 18.8 Å². The molecule has 2 heterocycles. The Labute approximate surface area is 158 Å². The molecule has 4 nitrogen and oxygen atoms in total. The average molecular weight is 381 g/mol. The molecule has 0 aliphatic carbocycles. The highest BCUT2D eigenvalue weighted by Crippen LogP contribution is 2.35. The van der Waals surface area contributed by atoms with Gasteiger partial charge < -0.3 is 9.80 Å². The summed E-state index contributed by atoms with van der Waals surface area (Å²) in [5.41, 5.74) is 0.482. The smallest absolute Gasteiger partial charge is 0.256 e. The van der Waals surface area contributed by atoms with Crippen molar-refractivity contribution in [2.45, 2.75) is 44.5 Å². The number of carbonyl (C=O) groups excluding carboxylic acids is 2. The maximum atomic E-state index is 13.1. The lowest BCUT2D eigenvalue weighted by molar-refractivity contribution is -0.136. The number of rotatable bonds is 3. The highest BCUT2D eigenvalue weighted by molar-refractivity contribution is 8.00. The molecule has 0 radical (unpaired) electrons. The van der Waals surface area contributed by atoms with Gasteiger partial charge in [-0.25, -0.2) is 0 Å². The van der Waals surface area contributed by atoms with E-state index in [1.165, 1.54) is 0 Å². The first-order valence-corrected chi connectivity index (χ1v) is 10.4. The molecule has 0 N–H and O–H groups in total. The van der Waals surface area contributed by atoms with Gasteiger partial charge >= 0.3 is 0 Å². The van der Waals surface area contributed by atoms with E-state index in [9.17, 15) is 9.59 Å².